The SMILES string of the molecule is CC(C)Oc1cccc(C(C)NC(=O)NCCN2CCCCC2)c1. The lowest BCUT2D eigenvalue weighted by Crippen LogP contribution is -2.42. The van der Waals surface area contributed by atoms with E-state index >= 15 is 0 Å². The summed E-state index contributed by atoms with van der Waals surface area (Å²) in [5.41, 5.74) is 1.04. The molecule has 5 heteroatoms. The molecule has 1 saturated heterocycles. The minimum atomic E-state index is -0.116. The van der Waals surface area contributed by atoms with Crippen LogP contribution in [0, 0.1) is 0 Å². The quantitative estimate of drug-likeness (QED) is 0.805. The van der Waals surface area contributed by atoms with Crippen LogP contribution in [0.3, 0.4) is 0 Å². The summed E-state index contributed by atoms with van der Waals surface area (Å²) >= 11 is 0. The smallest absolute Gasteiger partial charge is 0.315 e. The van der Waals surface area contributed by atoms with Gasteiger partial charge in [-0.25, -0.2) is 4.79 Å². The Morgan fingerprint density at radius 2 is 1.96 bits per heavy atom. The predicted octanol–water partition coefficient (Wildman–Crippen LogP) is 3.32. The lowest BCUT2D eigenvalue weighted by Gasteiger charge is -2.26. The predicted molar refractivity (Wildman–Crippen MR) is 97.4 cm³/mol. The zero-order chi connectivity index (χ0) is 17.4. The number of rotatable bonds is 7. The summed E-state index contributed by atoms with van der Waals surface area (Å²) in [7, 11) is 0. The van der Waals surface area contributed by atoms with Crippen molar-refractivity contribution in [2.75, 3.05) is 26.2 Å². The number of piperidine rings is 1. The molecule has 1 aromatic rings. The lowest BCUT2D eigenvalue weighted by molar-refractivity contribution is 0.219. The molecule has 1 atom stereocenters. The van der Waals surface area contributed by atoms with Gasteiger partial charge in [-0.3, -0.25) is 0 Å². The van der Waals surface area contributed by atoms with E-state index in [0.29, 0.717) is 6.54 Å². The maximum absolute atomic E-state index is 12.1. The van der Waals surface area contributed by atoms with E-state index in [0.717, 1.165) is 30.9 Å². The largest absolute Gasteiger partial charge is 0.491 e. The second-order valence-electron chi connectivity index (χ2n) is 6.76. The molecule has 1 fully saturated rings. The van der Waals surface area contributed by atoms with Crippen molar-refractivity contribution in [1.82, 2.24) is 15.5 Å². The third-order valence-corrected chi connectivity index (χ3v) is 4.24. The molecule has 2 N–H and O–H groups in total. The molecule has 1 aliphatic heterocycles. The fraction of sp³-hybridized carbons (Fsp3) is 0.632. The minimum Gasteiger partial charge on any atom is -0.491 e. The van der Waals surface area contributed by atoms with Gasteiger partial charge in [0.15, 0.2) is 0 Å². The van der Waals surface area contributed by atoms with Gasteiger partial charge in [-0.1, -0.05) is 18.6 Å². The van der Waals surface area contributed by atoms with E-state index < -0.39 is 0 Å². The fourth-order valence-corrected chi connectivity index (χ4v) is 2.97. The first-order valence-corrected chi connectivity index (χ1v) is 9.08. The molecule has 0 radical (unpaired) electrons. The molecule has 2 amide bonds. The van der Waals surface area contributed by atoms with Crippen LogP contribution in [0.4, 0.5) is 4.79 Å². The molecule has 1 heterocycles. The number of nitrogens with one attached hydrogen (secondary N) is 2. The number of benzene rings is 1. The summed E-state index contributed by atoms with van der Waals surface area (Å²) < 4.78 is 5.71. The summed E-state index contributed by atoms with van der Waals surface area (Å²) in [6.07, 6.45) is 4.03. The summed E-state index contributed by atoms with van der Waals surface area (Å²) in [5.74, 6) is 0.835. The van der Waals surface area contributed by atoms with Crippen LogP contribution in [0.25, 0.3) is 0 Å². The molecule has 1 aliphatic rings. The van der Waals surface area contributed by atoms with Crippen molar-refractivity contribution in [3.05, 3.63) is 29.8 Å². The van der Waals surface area contributed by atoms with Crippen LogP contribution in [0.5, 0.6) is 5.75 Å². The van der Waals surface area contributed by atoms with Crippen molar-refractivity contribution in [1.29, 1.82) is 0 Å². The number of nitrogens with zero attached hydrogens (tertiary/aromatic N) is 1. The van der Waals surface area contributed by atoms with E-state index in [9.17, 15) is 4.79 Å². The number of hydrogen-bond donors (Lipinski definition) is 2. The number of ether oxygens (including phenoxy) is 1. The zero-order valence-electron chi connectivity index (χ0n) is 15.2. The average Bonchev–Trinajstić information content (AvgIpc) is 2.55. The molecule has 5 nitrogen and oxygen atoms in total. The first kappa shape index (κ1) is 18.6. The monoisotopic (exact) mass is 333 g/mol. The molecule has 0 aromatic heterocycles. The van der Waals surface area contributed by atoms with Gasteiger partial charge in [-0.05, 0) is 64.4 Å². The Morgan fingerprint density at radius 3 is 2.67 bits per heavy atom. The summed E-state index contributed by atoms with van der Waals surface area (Å²) in [6, 6.07) is 7.71. The normalized spacial score (nSPS) is 16.7. The standard InChI is InChI=1S/C19H31N3O2/c1-15(2)24-18-9-7-8-17(14-18)16(3)21-19(23)20-10-13-22-11-5-4-6-12-22/h7-9,14-16H,4-6,10-13H2,1-3H3,(H2,20,21,23). The Hall–Kier alpha value is -1.75. The van der Waals surface area contributed by atoms with Crippen molar-refractivity contribution in [3.8, 4) is 5.75 Å². The van der Waals surface area contributed by atoms with Crippen molar-refractivity contribution in [2.45, 2.75) is 52.2 Å². The molecule has 0 spiro atoms. The molecule has 0 aliphatic carbocycles. The Labute approximate surface area is 145 Å². The molecule has 2 rings (SSSR count). The Bertz CT molecular complexity index is 513. The maximum Gasteiger partial charge on any atom is 0.315 e. The van der Waals surface area contributed by atoms with E-state index in [2.05, 4.69) is 15.5 Å². The molecule has 1 unspecified atom stereocenters. The molecule has 0 saturated carbocycles. The van der Waals surface area contributed by atoms with E-state index in [1.54, 1.807) is 0 Å². The topological polar surface area (TPSA) is 53.6 Å². The zero-order valence-corrected chi connectivity index (χ0v) is 15.2. The Balaban J connectivity index is 1.74. The Kier molecular flexibility index (Phi) is 7.37. The Morgan fingerprint density at radius 1 is 1.21 bits per heavy atom. The van der Waals surface area contributed by atoms with Crippen LogP contribution in [-0.2, 0) is 0 Å². The van der Waals surface area contributed by atoms with Gasteiger partial charge in [0.05, 0.1) is 12.1 Å². The molecule has 134 valence electrons. The highest BCUT2D eigenvalue weighted by molar-refractivity contribution is 5.74. The highest BCUT2D eigenvalue weighted by Crippen LogP contribution is 2.20. The van der Waals surface area contributed by atoms with Crippen LogP contribution in [-0.4, -0.2) is 43.2 Å². The second kappa shape index (κ2) is 9.52. The number of carbonyl (C=O) groups excluding carboxylic acids is 1. The van der Waals surface area contributed by atoms with Gasteiger partial charge in [0, 0.05) is 13.1 Å². The van der Waals surface area contributed by atoms with Gasteiger partial charge in [-0.15, -0.1) is 0 Å². The van der Waals surface area contributed by atoms with Gasteiger partial charge in [-0.2, -0.15) is 0 Å². The molecular weight excluding hydrogens is 302 g/mol. The number of hydrogen-bond acceptors (Lipinski definition) is 3. The lowest BCUT2D eigenvalue weighted by atomic mass is 10.1. The summed E-state index contributed by atoms with van der Waals surface area (Å²) in [4.78, 5) is 14.5. The molecular formula is C19H31N3O2. The number of likely N-dealkylation sites (tertiary alicyclic amines) is 1. The fourth-order valence-electron chi connectivity index (χ4n) is 2.97. The first-order chi connectivity index (χ1) is 11.5. The van der Waals surface area contributed by atoms with Gasteiger partial charge >= 0.3 is 6.03 Å². The van der Waals surface area contributed by atoms with Crippen molar-refractivity contribution in [3.63, 3.8) is 0 Å². The molecule has 0 bridgehead atoms. The third-order valence-electron chi connectivity index (χ3n) is 4.24. The minimum absolute atomic E-state index is 0.0595. The van der Waals surface area contributed by atoms with Crippen LogP contribution in [0.1, 0.15) is 51.6 Å². The van der Waals surface area contributed by atoms with Crippen LogP contribution < -0.4 is 15.4 Å². The van der Waals surface area contributed by atoms with Crippen LogP contribution >= 0.6 is 0 Å². The van der Waals surface area contributed by atoms with E-state index in [1.165, 1.54) is 19.3 Å². The maximum atomic E-state index is 12.1. The van der Waals surface area contributed by atoms with E-state index in [1.807, 2.05) is 45.0 Å². The number of carbonyl (C=O) groups is 1. The van der Waals surface area contributed by atoms with Gasteiger partial charge < -0.3 is 20.3 Å². The van der Waals surface area contributed by atoms with Gasteiger partial charge in [0.2, 0.25) is 0 Å². The van der Waals surface area contributed by atoms with E-state index in [-0.39, 0.29) is 18.2 Å². The van der Waals surface area contributed by atoms with Gasteiger partial charge in [0.25, 0.3) is 0 Å². The highest BCUT2D eigenvalue weighted by atomic mass is 16.5. The van der Waals surface area contributed by atoms with Crippen molar-refractivity contribution < 1.29 is 9.53 Å². The van der Waals surface area contributed by atoms with Crippen molar-refractivity contribution in [2.24, 2.45) is 0 Å². The number of amides is 2. The summed E-state index contributed by atoms with van der Waals surface area (Å²) in [5, 5.41) is 5.94. The highest BCUT2D eigenvalue weighted by Gasteiger charge is 2.12. The first-order valence-electron chi connectivity index (χ1n) is 9.08. The average molecular weight is 333 g/mol. The van der Waals surface area contributed by atoms with Crippen molar-refractivity contribution >= 4 is 6.03 Å². The second-order valence-corrected chi connectivity index (χ2v) is 6.76. The van der Waals surface area contributed by atoms with Crippen LogP contribution in [0.15, 0.2) is 24.3 Å². The summed E-state index contributed by atoms with van der Waals surface area (Å²) in [6.45, 7) is 9.92. The molecule has 24 heavy (non-hydrogen) atoms. The van der Waals surface area contributed by atoms with Crippen LogP contribution in [0.2, 0.25) is 0 Å². The number of urea groups is 1. The van der Waals surface area contributed by atoms with Gasteiger partial charge in [0.1, 0.15) is 5.75 Å². The molecule has 1 aromatic carbocycles. The third kappa shape index (κ3) is 6.40. The van der Waals surface area contributed by atoms with E-state index in [4.69, 9.17) is 4.74 Å².